The fourth-order valence-electron chi connectivity index (χ4n) is 1.10. The van der Waals surface area contributed by atoms with Crippen molar-refractivity contribution in [3.8, 4) is 0 Å². The first-order chi connectivity index (χ1) is 6.09. The number of hydrogen-bond donors (Lipinski definition) is 2. The van der Waals surface area contributed by atoms with Crippen LogP contribution in [-0.4, -0.2) is 30.0 Å². The Morgan fingerprint density at radius 3 is 2.54 bits per heavy atom. The zero-order valence-corrected chi connectivity index (χ0v) is 9.49. The van der Waals surface area contributed by atoms with Gasteiger partial charge in [-0.1, -0.05) is 20.8 Å². The molecule has 3 nitrogen and oxygen atoms in total. The van der Waals surface area contributed by atoms with Crippen LogP contribution < -0.4 is 11.1 Å². The van der Waals surface area contributed by atoms with E-state index in [1.165, 1.54) is 0 Å². The van der Waals surface area contributed by atoms with E-state index >= 15 is 0 Å². The lowest BCUT2D eigenvalue weighted by molar-refractivity contribution is -0.120. The highest BCUT2D eigenvalue weighted by atomic mass is 32.2. The van der Waals surface area contributed by atoms with Gasteiger partial charge in [-0.3, -0.25) is 4.79 Å². The molecule has 1 atom stereocenters. The first kappa shape index (κ1) is 12.8. The third-order valence-corrected chi connectivity index (χ3v) is 2.69. The molecule has 0 fully saturated rings. The quantitative estimate of drug-likeness (QED) is 0.604. The summed E-state index contributed by atoms with van der Waals surface area (Å²) in [7, 11) is 0. The highest BCUT2D eigenvalue weighted by Gasteiger charge is 2.17. The van der Waals surface area contributed by atoms with Crippen molar-refractivity contribution in [2.24, 2.45) is 11.7 Å². The second-order valence-electron chi connectivity index (χ2n) is 3.28. The predicted octanol–water partition coefficient (Wildman–Crippen LogP) is 0.839. The number of rotatable bonds is 7. The molecule has 4 heteroatoms. The van der Waals surface area contributed by atoms with Crippen molar-refractivity contribution in [3.05, 3.63) is 0 Å². The van der Waals surface area contributed by atoms with E-state index in [9.17, 15) is 4.79 Å². The lowest BCUT2D eigenvalue weighted by atomic mass is 10.0. The smallest absolute Gasteiger partial charge is 0.234 e. The Bertz CT molecular complexity index is 151. The van der Waals surface area contributed by atoms with Crippen LogP contribution in [0.15, 0.2) is 0 Å². The van der Waals surface area contributed by atoms with Crippen LogP contribution in [0.5, 0.6) is 0 Å². The van der Waals surface area contributed by atoms with Crippen LogP contribution >= 0.6 is 11.8 Å². The molecule has 0 aromatic heterocycles. The molecule has 0 radical (unpaired) electrons. The summed E-state index contributed by atoms with van der Waals surface area (Å²) in [5.74, 6) is 2.16. The van der Waals surface area contributed by atoms with Gasteiger partial charge in [0.25, 0.3) is 0 Å². The summed E-state index contributed by atoms with van der Waals surface area (Å²) in [5, 5.41) is 3.16. The maximum absolute atomic E-state index is 11.0. The zero-order valence-electron chi connectivity index (χ0n) is 8.67. The van der Waals surface area contributed by atoms with Crippen molar-refractivity contribution >= 4 is 17.7 Å². The van der Waals surface area contributed by atoms with Crippen LogP contribution in [-0.2, 0) is 4.79 Å². The number of thioether (sulfide) groups is 1. The van der Waals surface area contributed by atoms with Crippen LogP contribution in [0.4, 0.5) is 0 Å². The summed E-state index contributed by atoms with van der Waals surface area (Å²) in [6, 6.07) is -0.183. The Hall–Kier alpha value is -0.220. The average molecular weight is 204 g/mol. The largest absolute Gasteiger partial charge is 0.368 e. The molecule has 0 aliphatic heterocycles. The van der Waals surface area contributed by atoms with Crippen molar-refractivity contribution in [2.75, 3.05) is 18.1 Å². The zero-order chi connectivity index (χ0) is 10.3. The molecule has 0 heterocycles. The standard InChI is InChI=1S/C9H20N2OS/c1-4-13-6-5-11-8(7(2)3)9(10)12/h7-8,11H,4-6H2,1-3H3,(H2,10,12). The molecule has 78 valence electrons. The van der Waals surface area contributed by atoms with Crippen LogP contribution in [0.1, 0.15) is 20.8 Å². The van der Waals surface area contributed by atoms with Gasteiger partial charge in [0.1, 0.15) is 0 Å². The Kier molecular flexibility index (Phi) is 7.09. The second-order valence-corrected chi connectivity index (χ2v) is 4.67. The van der Waals surface area contributed by atoms with Crippen molar-refractivity contribution in [3.63, 3.8) is 0 Å². The highest BCUT2D eigenvalue weighted by molar-refractivity contribution is 7.99. The van der Waals surface area contributed by atoms with Crippen molar-refractivity contribution in [2.45, 2.75) is 26.8 Å². The summed E-state index contributed by atoms with van der Waals surface area (Å²) in [6.45, 7) is 6.97. The lowest BCUT2D eigenvalue weighted by Crippen LogP contribution is -2.45. The minimum absolute atomic E-state index is 0.183. The molecule has 0 aliphatic rings. The van der Waals surface area contributed by atoms with E-state index in [1.54, 1.807) is 0 Å². The third-order valence-electron chi connectivity index (χ3n) is 1.79. The number of carbonyl (C=O) groups excluding carboxylic acids is 1. The van der Waals surface area contributed by atoms with Gasteiger partial charge < -0.3 is 11.1 Å². The van der Waals surface area contributed by atoms with Gasteiger partial charge in [0.15, 0.2) is 0 Å². The molecule has 0 rings (SSSR count). The third kappa shape index (κ3) is 5.93. The fraction of sp³-hybridized carbons (Fsp3) is 0.889. The van der Waals surface area contributed by atoms with Crippen LogP contribution in [0, 0.1) is 5.92 Å². The SMILES string of the molecule is CCSCCNC(C(N)=O)C(C)C. The van der Waals surface area contributed by atoms with E-state index in [0.29, 0.717) is 0 Å². The van der Waals surface area contributed by atoms with E-state index in [0.717, 1.165) is 18.1 Å². The van der Waals surface area contributed by atoms with E-state index in [1.807, 2.05) is 25.6 Å². The molecule has 13 heavy (non-hydrogen) atoms. The number of nitrogens with two attached hydrogens (primary N) is 1. The molecule has 0 spiro atoms. The van der Waals surface area contributed by atoms with E-state index < -0.39 is 0 Å². The average Bonchev–Trinajstić information content (AvgIpc) is 2.02. The van der Waals surface area contributed by atoms with Crippen LogP contribution in [0.2, 0.25) is 0 Å². The van der Waals surface area contributed by atoms with Gasteiger partial charge in [-0.15, -0.1) is 0 Å². The van der Waals surface area contributed by atoms with Gasteiger partial charge in [-0.25, -0.2) is 0 Å². The van der Waals surface area contributed by atoms with Crippen LogP contribution in [0.25, 0.3) is 0 Å². The maximum Gasteiger partial charge on any atom is 0.234 e. The molecule has 0 bridgehead atoms. The van der Waals surface area contributed by atoms with E-state index in [-0.39, 0.29) is 17.9 Å². The second kappa shape index (κ2) is 7.21. The van der Waals surface area contributed by atoms with Crippen molar-refractivity contribution in [1.82, 2.24) is 5.32 Å². The summed E-state index contributed by atoms with van der Waals surface area (Å²) >= 11 is 1.86. The summed E-state index contributed by atoms with van der Waals surface area (Å²) in [6.07, 6.45) is 0. The van der Waals surface area contributed by atoms with Crippen LogP contribution in [0.3, 0.4) is 0 Å². The van der Waals surface area contributed by atoms with Gasteiger partial charge in [0.2, 0.25) is 5.91 Å². The molecule has 1 amide bonds. The maximum atomic E-state index is 11.0. The molecule has 0 saturated carbocycles. The molecule has 0 aromatic rings. The van der Waals surface area contributed by atoms with Gasteiger partial charge in [0.05, 0.1) is 6.04 Å². The number of primary amides is 1. The minimum Gasteiger partial charge on any atom is -0.368 e. The molecular weight excluding hydrogens is 184 g/mol. The van der Waals surface area contributed by atoms with E-state index in [2.05, 4.69) is 12.2 Å². The summed E-state index contributed by atoms with van der Waals surface area (Å²) < 4.78 is 0. The van der Waals surface area contributed by atoms with Gasteiger partial charge >= 0.3 is 0 Å². The van der Waals surface area contributed by atoms with Gasteiger partial charge in [0, 0.05) is 12.3 Å². The Morgan fingerprint density at radius 1 is 1.54 bits per heavy atom. The molecule has 0 saturated heterocycles. The first-order valence-electron chi connectivity index (χ1n) is 4.70. The normalized spacial score (nSPS) is 13.2. The lowest BCUT2D eigenvalue weighted by Gasteiger charge is -2.18. The Morgan fingerprint density at radius 2 is 2.15 bits per heavy atom. The predicted molar refractivity (Wildman–Crippen MR) is 58.8 cm³/mol. The first-order valence-corrected chi connectivity index (χ1v) is 5.85. The Balaban J connectivity index is 3.64. The molecular formula is C9H20N2OS. The van der Waals surface area contributed by atoms with Gasteiger partial charge in [-0.2, -0.15) is 11.8 Å². The molecule has 3 N–H and O–H groups in total. The number of hydrogen-bond acceptors (Lipinski definition) is 3. The topological polar surface area (TPSA) is 55.1 Å². The van der Waals surface area contributed by atoms with Gasteiger partial charge in [-0.05, 0) is 11.7 Å². The molecule has 0 aromatic carbocycles. The summed E-state index contributed by atoms with van der Waals surface area (Å²) in [4.78, 5) is 11.0. The number of amides is 1. The van der Waals surface area contributed by atoms with E-state index in [4.69, 9.17) is 5.73 Å². The summed E-state index contributed by atoms with van der Waals surface area (Å²) in [5.41, 5.74) is 5.24. The minimum atomic E-state index is -0.253. The van der Waals surface area contributed by atoms with Crippen molar-refractivity contribution in [1.29, 1.82) is 0 Å². The monoisotopic (exact) mass is 204 g/mol. The fourth-order valence-corrected chi connectivity index (χ4v) is 1.65. The Labute approximate surface area is 84.8 Å². The number of nitrogens with one attached hydrogen (secondary N) is 1. The highest BCUT2D eigenvalue weighted by Crippen LogP contribution is 2.01. The number of carbonyl (C=O) groups is 1. The van der Waals surface area contributed by atoms with Crippen molar-refractivity contribution < 1.29 is 4.79 Å². The molecule has 0 aliphatic carbocycles. The molecule has 1 unspecified atom stereocenters.